The summed E-state index contributed by atoms with van der Waals surface area (Å²) in [4.78, 5) is 32.5. The average Bonchev–Trinajstić information content (AvgIpc) is 3.40. The summed E-state index contributed by atoms with van der Waals surface area (Å²) in [5.41, 5.74) is 3.16. The number of rotatable bonds is 7. The molecule has 0 saturated heterocycles. The number of carbonyl (C=O) groups is 1. The van der Waals surface area contributed by atoms with Crippen LogP contribution in [0.1, 0.15) is 44.9 Å². The van der Waals surface area contributed by atoms with E-state index in [9.17, 15) is 9.59 Å². The predicted octanol–water partition coefficient (Wildman–Crippen LogP) is 4.17. The summed E-state index contributed by atoms with van der Waals surface area (Å²) in [5.74, 6) is 2.78. The average molecular weight is 540 g/mol. The summed E-state index contributed by atoms with van der Waals surface area (Å²) < 4.78 is 15.6. The number of aromatic nitrogens is 2. The second-order valence-corrected chi connectivity index (χ2v) is 10.4. The van der Waals surface area contributed by atoms with Crippen LogP contribution >= 0.6 is 11.3 Å². The van der Waals surface area contributed by atoms with E-state index in [1.165, 1.54) is 11.3 Å². The Morgan fingerprint density at radius 1 is 1.21 bits per heavy atom. The van der Waals surface area contributed by atoms with Crippen LogP contribution in [0.25, 0.3) is 17.0 Å². The third-order valence-corrected chi connectivity index (χ3v) is 7.44. The fourth-order valence-electron chi connectivity index (χ4n) is 4.91. The van der Waals surface area contributed by atoms with E-state index < -0.39 is 12.0 Å². The lowest BCUT2D eigenvalue weighted by atomic mass is 9.95. The number of fused-ring (bicyclic) bond motifs is 2. The molecule has 0 saturated carbocycles. The van der Waals surface area contributed by atoms with E-state index in [2.05, 4.69) is 10.9 Å². The van der Waals surface area contributed by atoms with Gasteiger partial charge in [-0.25, -0.2) is 9.79 Å². The SMILES string of the molecule is C#CCn1cc(/C=c2\sc3n(c2=O)[C@@H](c2ccccc2OC(C)C)C(C(=O)OCC)=C(C)N=3)c2ccccc21. The molecule has 0 N–H and O–H groups in total. The standard InChI is InChI=1S/C31H29N3O4S/c1-6-16-33-18-21(22-12-8-10-14-24(22)33)17-26-29(35)34-28(23-13-9-11-15-25(23)38-19(3)4)27(30(36)37-7-2)20(5)32-31(34)39-26/h1,8-15,17-19,28H,7,16H2,2-5H3/b26-17-/t28-/m0/s1. The van der Waals surface area contributed by atoms with Crippen LogP contribution in [0.15, 0.2) is 75.8 Å². The zero-order chi connectivity index (χ0) is 27.7. The molecule has 4 aromatic rings. The number of para-hydroxylation sites is 2. The van der Waals surface area contributed by atoms with E-state index in [1.807, 2.05) is 79.2 Å². The maximum absolute atomic E-state index is 14.1. The van der Waals surface area contributed by atoms with Crippen molar-refractivity contribution in [1.82, 2.24) is 9.13 Å². The molecule has 1 aliphatic rings. The minimum absolute atomic E-state index is 0.0987. The van der Waals surface area contributed by atoms with Gasteiger partial charge in [-0.05, 0) is 45.9 Å². The Kier molecular flexibility index (Phi) is 7.27. The van der Waals surface area contributed by atoms with Crippen LogP contribution < -0.4 is 19.6 Å². The van der Waals surface area contributed by atoms with Crippen LogP contribution in [0, 0.1) is 12.3 Å². The molecule has 0 radical (unpaired) electrons. The van der Waals surface area contributed by atoms with Crippen molar-refractivity contribution in [1.29, 1.82) is 0 Å². The van der Waals surface area contributed by atoms with E-state index in [-0.39, 0.29) is 18.3 Å². The molecule has 5 rings (SSSR count). The van der Waals surface area contributed by atoms with Gasteiger partial charge in [0, 0.05) is 28.2 Å². The second kappa shape index (κ2) is 10.8. The van der Waals surface area contributed by atoms with Gasteiger partial charge in [-0.3, -0.25) is 9.36 Å². The molecule has 2 aromatic heterocycles. The molecule has 0 bridgehead atoms. The number of allylic oxidation sites excluding steroid dienone is 1. The minimum Gasteiger partial charge on any atom is -0.491 e. The van der Waals surface area contributed by atoms with Crippen molar-refractivity contribution in [3.63, 3.8) is 0 Å². The summed E-state index contributed by atoms with van der Waals surface area (Å²) in [6.45, 7) is 8.03. The van der Waals surface area contributed by atoms with Crippen molar-refractivity contribution in [3.8, 4) is 18.1 Å². The molecule has 2 aromatic carbocycles. The fraction of sp³-hybridized carbons (Fsp3) is 0.258. The molecule has 0 unspecified atom stereocenters. The van der Waals surface area contributed by atoms with E-state index in [0.717, 1.165) is 16.5 Å². The number of esters is 1. The number of hydrogen-bond acceptors (Lipinski definition) is 6. The van der Waals surface area contributed by atoms with Gasteiger partial charge in [0.2, 0.25) is 0 Å². The number of ether oxygens (including phenoxy) is 2. The van der Waals surface area contributed by atoms with Gasteiger partial charge in [-0.1, -0.05) is 53.7 Å². The first kappa shape index (κ1) is 26.3. The predicted molar refractivity (Wildman–Crippen MR) is 153 cm³/mol. The van der Waals surface area contributed by atoms with Crippen molar-refractivity contribution in [2.75, 3.05) is 6.61 Å². The second-order valence-electron chi connectivity index (χ2n) is 9.44. The van der Waals surface area contributed by atoms with Gasteiger partial charge in [-0.15, -0.1) is 6.42 Å². The van der Waals surface area contributed by atoms with Crippen LogP contribution in [0.4, 0.5) is 0 Å². The van der Waals surface area contributed by atoms with Gasteiger partial charge in [-0.2, -0.15) is 0 Å². The number of terminal acetylenes is 1. The highest BCUT2D eigenvalue weighted by Gasteiger charge is 2.35. The van der Waals surface area contributed by atoms with E-state index in [4.69, 9.17) is 15.9 Å². The van der Waals surface area contributed by atoms with Crippen LogP contribution in [0.2, 0.25) is 0 Å². The lowest BCUT2D eigenvalue weighted by Gasteiger charge is -2.26. The number of nitrogens with zero attached hydrogens (tertiary/aromatic N) is 3. The molecule has 1 atom stereocenters. The summed E-state index contributed by atoms with van der Waals surface area (Å²) >= 11 is 1.29. The van der Waals surface area contributed by atoms with Gasteiger partial charge in [0.1, 0.15) is 11.8 Å². The Morgan fingerprint density at radius 3 is 2.69 bits per heavy atom. The third-order valence-electron chi connectivity index (χ3n) is 6.46. The van der Waals surface area contributed by atoms with Crippen molar-refractivity contribution in [2.24, 2.45) is 4.99 Å². The maximum atomic E-state index is 14.1. The molecule has 0 spiro atoms. The zero-order valence-electron chi connectivity index (χ0n) is 22.3. The molecule has 0 fully saturated rings. The van der Waals surface area contributed by atoms with Gasteiger partial charge in [0.15, 0.2) is 4.80 Å². The van der Waals surface area contributed by atoms with Crippen molar-refractivity contribution in [3.05, 3.63) is 96.8 Å². The fourth-order valence-corrected chi connectivity index (χ4v) is 5.95. The Hall–Kier alpha value is -4.35. The van der Waals surface area contributed by atoms with Gasteiger partial charge >= 0.3 is 5.97 Å². The minimum atomic E-state index is -0.750. The van der Waals surface area contributed by atoms with E-state index >= 15 is 0 Å². The van der Waals surface area contributed by atoms with E-state index in [0.29, 0.717) is 38.5 Å². The first-order valence-electron chi connectivity index (χ1n) is 12.8. The van der Waals surface area contributed by atoms with Gasteiger partial charge < -0.3 is 14.0 Å². The zero-order valence-corrected chi connectivity index (χ0v) is 23.1. The van der Waals surface area contributed by atoms with Crippen LogP contribution in [-0.4, -0.2) is 27.8 Å². The first-order valence-corrected chi connectivity index (χ1v) is 13.6. The summed E-state index contributed by atoms with van der Waals surface area (Å²) in [6, 6.07) is 14.7. The monoisotopic (exact) mass is 539 g/mol. The first-order chi connectivity index (χ1) is 18.8. The normalized spacial score (nSPS) is 15.3. The van der Waals surface area contributed by atoms with Crippen molar-refractivity contribution < 1.29 is 14.3 Å². The summed E-state index contributed by atoms with van der Waals surface area (Å²) in [7, 11) is 0. The molecule has 3 heterocycles. The van der Waals surface area contributed by atoms with Gasteiger partial charge in [0.25, 0.3) is 5.56 Å². The van der Waals surface area contributed by atoms with E-state index in [1.54, 1.807) is 18.4 Å². The van der Waals surface area contributed by atoms with Crippen LogP contribution in [0.5, 0.6) is 5.75 Å². The molecule has 7 nitrogen and oxygen atoms in total. The Morgan fingerprint density at radius 2 is 1.95 bits per heavy atom. The quantitative estimate of drug-likeness (QED) is 0.261. The Bertz CT molecular complexity index is 1830. The molecule has 8 heteroatoms. The Balaban J connectivity index is 1.76. The molecular weight excluding hydrogens is 510 g/mol. The molecule has 1 aliphatic heterocycles. The highest BCUT2D eigenvalue weighted by Crippen LogP contribution is 2.36. The molecule has 198 valence electrons. The maximum Gasteiger partial charge on any atom is 0.338 e. The number of thiazole rings is 1. The number of carbonyl (C=O) groups excluding carboxylic acids is 1. The lowest BCUT2D eigenvalue weighted by Crippen LogP contribution is -2.40. The summed E-state index contributed by atoms with van der Waals surface area (Å²) in [5, 5.41) is 0.995. The smallest absolute Gasteiger partial charge is 0.338 e. The molecule has 0 amide bonds. The van der Waals surface area contributed by atoms with Crippen LogP contribution in [0.3, 0.4) is 0 Å². The number of benzene rings is 2. The van der Waals surface area contributed by atoms with Crippen molar-refractivity contribution in [2.45, 2.75) is 46.4 Å². The lowest BCUT2D eigenvalue weighted by molar-refractivity contribution is -0.139. The Labute approximate surface area is 230 Å². The topological polar surface area (TPSA) is 74.8 Å². The molecule has 39 heavy (non-hydrogen) atoms. The molecule has 0 aliphatic carbocycles. The highest BCUT2D eigenvalue weighted by molar-refractivity contribution is 7.07. The molecular formula is C31H29N3O4S. The largest absolute Gasteiger partial charge is 0.491 e. The highest BCUT2D eigenvalue weighted by atomic mass is 32.1. The van der Waals surface area contributed by atoms with Crippen LogP contribution in [-0.2, 0) is 16.1 Å². The van der Waals surface area contributed by atoms with Crippen molar-refractivity contribution >= 4 is 34.3 Å². The summed E-state index contributed by atoms with van der Waals surface area (Å²) in [6.07, 6.45) is 9.32. The third kappa shape index (κ3) is 4.82. The number of hydrogen-bond donors (Lipinski definition) is 0. The van der Waals surface area contributed by atoms with Gasteiger partial charge in [0.05, 0.1) is 35.1 Å².